The van der Waals surface area contributed by atoms with E-state index < -0.39 is 0 Å². The molecule has 0 aromatic carbocycles. The van der Waals surface area contributed by atoms with Gasteiger partial charge in [0.15, 0.2) is 0 Å². The lowest BCUT2D eigenvalue weighted by Crippen LogP contribution is -2.44. The maximum absolute atomic E-state index is 12.8. The van der Waals surface area contributed by atoms with Gasteiger partial charge in [0.25, 0.3) is 0 Å². The molecule has 3 atom stereocenters. The van der Waals surface area contributed by atoms with E-state index in [0.717, 1.165) is 23.7 Å². The van der Waals surface area contributed by atoms with Crippen molar-refractivity contribution in [1.29, 1.82) is 0 Å². The lowest BCUT2D eigenvalue weighted by Gasteiger charge is -2.33. The van der Waals surface area contributed by atoms with Crippen molar-refractivity contribution < 1.29 is 4.79 Å². The number of carbonyl (C=O) groups excluding carboxylic acids is 1. The highest BCUT2D eigenvalue weighted by Crippen LogP contribution is 2.49. The van der Waals surface area contributed by atoms with Crippen LogP contribution in [0.25, 0.3) is 0 Å². The summed E-state index contributed by atoms with van der Waals surface area (Å²) in [4.78, 5) is 15.0. The minimum atomic E-state index is 0.378. The van der Waals surface area contributed by atoms with Crippen LogP contribution in [0.15, 0.2) is 0 Å². The SMILES string of the molecule is O=C(C1CC2CCC1C2)N(CCBr)C1CCCC1. The van der Waals surface area contributed by atoms with Gasteiger partial charge in [-0.1, -0.05) is 35.2 Å². The topological polar surface area (TPSA) is 20.3 Å². The molecule has 3 aliphatic carbocycles. The van der Waals surface area contributed by atoms with Crippen molar-refractivity contribution in [2.45, 2.75) is 57.4 Å². The van der Waals surface area contributed by atoms with Crippen molar-refractivity contribution in [2.75, 3.05) is 11.9 Å². The zero-order valence-corrected chi connectivity index (χ0v) is 12.7. The summed E-state index contributed by atoms with van der Waals surface area (Å²) in [5.41, 5.74) is 0. The van der Waals surface area contributed by atoms with Gasteiger partial charge in [-0.25, -0.2) is 0 Å². The number of fused-ring (bicyclic) bond motifs is 2. The molecule has 2 nitrogen and oxygen atoms in total. The van der Waals surface area contributed by atoms with Crippen LogP contribution in [0.1, 0.15) is 51.4 Å². The zero-order chi connectivity index (χ0) is 12.5. The van der Waals surface area contributed by atoms with Crippen molar-refractivity contribution in [1.82, 2.24) is 4.90 Å². The largest absolute Gasteiger partial charge is 0.339 e. The third-order valence-electron chi connectivity index (χ3n) is 5.43. The molecule has 18 heavy (non-hydrogen) atoms. The predicted molar refractivity (Wildman–Crippen MR) is 76.7 cm³/mol. The van der Waals surface area contributed by atoms with E-state index in [1.54, 1.807) is 0 Å². The van der Waals surface area contributed by atoms with Gasteiger partial charge in [0.1, 0.15) is 0 Å². The number of nitrogens with zero attached hydrogens (tertiary/aromatic N) is 1. The average molecular weight is 314 g/mol. The highest BCUT2D eigenvalue weighted by molar-refractivity contribution is 9.09. The van der Waals surface area contributed by atoms with E-state index in [9.17, 15) is 4.79 Å². The molecule has 102 valence electrons. The van der Waals surface area contributed by atoms with Gasteiger partial charge in [-0.3, -0.25) is 4.79 Å². The van der Waals surface area contributed by atoms with Crippen molar-refractivity contribution >= 4 is 21.8 Å². The van der Waals surface area contributed by atoms with Crippen molar-refractivity contribution in [2.24, 2.45) is 17.8 Å². The van der Waals surface area contributed by atoms with Crippen LogP contribution in [0.4, 0.5) is 0 Å². The van der Waals surface area contributed by atoms with Crippen LogP contribution in [-0.4, -0.2) is 28.7 Å². The molecule has 2 bridgehead atoms. The summed E-state index contributed by atoms with van der Waals surface area (Å²) in [6.07, 6.45) is 10.3. The number of alkyl halides is 1. The van der Waals surface area contributed by atoms with E-state index in [1.165, 1.54) is 51.4 Å². The van der Waals surface area contributed by atoms with Crippen LogP contribution >= 0.6 is 15.9 Å². The lowest BCUT2D eigenvalue weighted by atomic mass is 9.87. The maximum Gasteiger partial charge on any atom is 0.226 e. The molecule has 3 unspecified atom stereocenters. The summed E-state index contributed by atoms with van der Waals surface area (Å²) in [6.45, 7) is 0.914. The van der Waals surface area contributed by atoms with E-state index in [0.29, 0.717) is 17.9 Å². The van der Waals surface area contributed by atoms with E-state index in [-0.39, 0.29) is 0 Å². The summed E-state index contributed by atoms with van der Waals surface area (Å²) in [7, 11) is 0. The molecule has 0 spiro atoms. The summed E-state index contributed by atoms with van der Waals surface area (Å²) >= 11 is 3.52. The highest BCUT2D eigenvalue weighted by atomic mass is 79.9. The molecule has 3 rings (SSSR count). The van der Waals surface area contributed by atoms with Crippen molar-refractivity contribution in [3.05, 3.63) is 0 Å². The highest BCUT2D eigenvalue weighted by Gasteiger charge is 2.45. The molecule has 3 fully saturated rings. The Morgan fingerprint density at radius 1 is 1.11 bits per heavy atom. The van der Waals surface area contributed by atoms with Gasteiger partial charge in [0, 0.05) is 23.8 Å². The molecule has 3 heteroatoms. The first-order valence-corrected chi connectivity index (χ1v) is 8.78. The van der Waals surface area contributed by atoms with E-state index in [1.807, 2.05) is 0 Å². The number of rotatable bonds is 4. The summed E-state index contributed by atoms with van der Waals surface area (Å²) in [5.74, 6) is 2.47. The number of hydrogen-bond donors (Lipinski definition) is 0. The lowest BCUT2D eigenvalue weighted by molar-refractivity contribution is -0.139. The number of amides is 1. The molecule has 0 heterocycles. The Kier molecular flexibility index (Phi) is 3.97. The Morgan fingerprint density at radius 3 is 2.44 bits per heavy atom. The average Bonchev–Trinajstić information content (AvgIpc) is 3.10. The molecular weight excluding hydrogens is 290 g/mol. The van der Waals surface area contributed by atoms with Crippen LogP contribution in [0.5, 0.6) is 0 Å². The van der Waals surface area contributed by atoms with Gasteiger partial charge in [0.05, 0.1) is 0 Å². The molecule has 1 amide bonds. The van der Waals surface area contributed by atoms with Crippen molar-refractivity contribution in [3.8, 4) is 0 Å². The standard InChI is InChI=1S/C15H24BrNO/c16-7-8-17(13-3-1-2-4-13)15(18)14-10-11-5-6-12(14)9-11/h11-14H,1-10H2. The third-order valence-corrected chi connectivity index (χ3v) is 5.78. The fourth-order valence-corrected chi connectivity index (χ4v) is 4.92. The molecule has 3 aliphatic rings. The smallest absolute Gasteiger partial charge is 0.226 e. The molecule has 0 radical (unpaired) electrons. The Bertz CT molecular complexity index is 314. The number of halogens is 1. The molecule has 0 N–H and O–H groups in total. The van der Waals surface area contributed by atoms with Crippen LogP contribution in [0, 0.1) is 17.8 Å². The van der Waals surface area contributed by atoms with Gasteiger partial charge in [-0.2, -0.15) is 0 Å². The second-order valence-electron chi connectivity index (χ2n) is 6.44. The Hall–Kier alpha value is -0.0500. The fraction of sp³-hybridized carbons (Fsp3) is 0.933. The second kappa shape index (κ2) is 5.52. The number of carbonyl (C=O) groups is 1. The quantitative estimate of drug-likeness (QED) is 0.726. The molecule has 0 aromatic rings. The Labute approximate surface area is 119 Å². The fourth-order valence-electron chi connectivity index (χ4n) is 4.54. The van der Waals surface area contributed by atoms with Gasteiger partial charge in [-0.05, 0) is 43.9 Å². The summed E-state index contributed by atoms with van der Waals surface area (Å²) in [6, 6.07) is 0.550. The van der Waals surface area contributed by atoms with Crippen molar-refractivity contribution in [3.63, 3.8) is 0 Å². The molecule has 0 aromatic heterocycles. The maximum atomic E-state index is 12.8. The van der Waals surface area contributed by atoms with E-state index in [2.05, 4.69) is 20.8 Å². The van der Waals surface area contributed by atoms with Crippen LogP contribution < -0.4 is 0 Å². The molecule has 0 saturated heterocycles. The monoisotopic (exact) mass is 313 g/mol. The molecule has 3 saturated carbocycles. The summed E-state index contributed by atoms with van der Waals surface area (Å²) < 4.78 is 0. The Balaban J connectivity index is 1.67. The van der Waals surface area contributed by atoms with E-state index >= 15 is 0 Å². The van der Waals surface area contributed by atoms with E-state index in [4.69, 9.17) is 0 Å². The van der Waals surface area contributed by atoms with Gasteiger partial charge >= 0.3 is 0 Å². The predicted octanol–water partition coefficient (Wildman–Crippen LogP) is 3.59. The first-order chi connectivity index (χ1) is 8.79. The zero-order valence-electron chi connectivity index (χ0n) is 11.1. The molecular formula is C15H24BrNO. The Morgan fingerprint density at radius 2 is 1.89 bits per heavy atom. The van der Waals surface area contributed by atoms with Crippen LogP contribution in [0.2, 0.25) is 0 Å². The summed E-state index contributed by atoms with van der Waals surface area (Å²) in [5, 5.41) is 0.927. The minimum absolute atomic E-state index is 0.378. The van der Waals surface area contributed by atoms with Crippen LogP contribution in [0.3, 0.4) is 0 Å². The second-order valence-corrected chi connectivity index (χ2v) is 7.23. The first-order valence-electron chi connectivity index (χ1n) is 7.66. The molecule has 0 aliphatic heterocycles. The first kappa shape index (κ1) is 13.0. The van der Waals surface area contributed by atoms with Crippen LogP contribution in [-0.2, 0) is 4.79 Å². The number of hydrogen-bond acceptors (Lipinski definition) is 1. The normalized spacial score (nSPS) is 35.3. The van der Waals surface area contributed by atoms with Gasteiger partial charge < -0.3 is 4.90 Å². The van der Waals surface area contributed by atoms with Gasteiger partial charge in [-0.15, -0.1) is 0 Å². The van der Waals surface area contributed by atoms with Gasteiger partial charge in [0.2, 0.25) is 5.91 Å². The third kappa shape index (κ3) is 2.35. The minimum Gasteiger partial charge on any atom is -0.339 e.